The van der Waals surface area contributed by atoms with Crippen molar-refractivity contribution in [3.63, 3.8) is 0 Å². The first-order valence-electron chi connectivity index (χ1n) is 14.2. The summed E-state index contributed by atoms with van der Waals surface area (Å²) in [5.41, 5.74) is 4.46. The number of allylic oxidation sites excluding steroid dienone is 2. The summed E-state index contributed by atoms with van der Waals surface area (Å²) < 4.78 is 35.5. The zero-order chi connectivity index (χ0) is 30.8. The Hall–Kier alpha value is -4.20. The predicted octanol–water partition coefficient (Wildman–Crippen LogP) is 8.23. The quantitative estimate of drug-likeness (QED) is 0.0998. The number of hydrogen-bond donors (Lipinski definition) is 1. The van der Waals surface area contributed by atoms with Gasteiger partial charge in [-0.25, -0.2) is 4.85 Å². The maximum absolute atomic E-state index is 11.5. The van der Waals surface area contributed by atoms with Crippen LogP contribution in [-0.2, 0) is 23.2 Å². The Labute approximate surface area is 266 Å². The zero-order valence-corrected chi connectivity index (χ0v) is 26.4. The summed E-state index contributed by atoms with van der Waals surface area (Å²) in [5.74, 6) is 0.663. The molecule has 2 heterocycles. The number of fused-ring (bicyclic) bond motifs is 3. The van der Waals surface area contributed by atoms with Gasteiger partial charge in [0.05, 0.1) is 23.7 Å². The highest BCUT2D eigenvalue weighted by Crippen LogP contribution is 2.47. The molecular weight excluding hydrogens is 612 g/mol. The Morgan fingerprint density at radius 1 is 1.00 bits per heavy atom. The number of anilines is 2. The summed E-state index contributed by atoms with van der Waals surface area (Å²) in [6.07, 6.45) is 6.42. The van der Waals surface area contributed by atoms with Crippen LogP contribution >= 0.6 is 22.9 Å². The van der Waals surface area contributed by atoms with E-state index in [1.807, 2.05) is 54.6 Å². The van der Waals surface area contributed by atoms with Crippen LogP contribution in [0, 0.1) is 6.57 Å². The van der Waals surface area contributed by atoms with Crippen LogP contribution in [0.5, 0.6) is 0 Å². The van der Waals surface area contributed by atoms with Crippen LogP contribution < -0.4 is 14.4 Å². The van der Waals surface area contributed by atoms with Crippen LogP contribution in [0.25, 0.3) is 31.9 Å². The molecule has 1 aliphatic heterocycles. The van der Waals surface area contributed by atoms with Crippen molar-refractivity contribution < 1.29 is 17.5 Å². The van der Waals surface area contributed by atoms with Crippen molar-refractivity contribution in [1.29, 1.82) is 0 Å². The van der Waals surface area contributed by atoms with E-state index in [9.17, 15) is 13.0 Å². The molecule has 0 fully saturated rings. The molecule has 1 aliphatic rings. The molecule has 0 aliphatic carbocycles. The van der Waals surface area contributed by atoms with Crippen molar-refractivity contribution in [2.24, 2.45) is 0 Å². The normalized spacial score (nSPS) is 14.3. The number of rotatable bonds is 9. The SMILES string of the molecule is [C-]#[N+]c1cc2c(cc1Cl)N(CC)/C(=C\C=C\c1sc3cc4ccccc4cc3[n+]1CCCS(=O)(=O)O)N2Cc1ccccc1. The molecule has 0 bridgehead atoms. The second-order valence-electron chi connectivity index (χ2n) is 10.5. The molecule has 5 aromatic rings. The predicted molar refractivity (Wildman–Crippen MR) is 181 cm³/mol. The average Bonchev–Trinajstić information content (AvgIpc) is 3.48. The third-order valence-corrected chi connectivity index (χ3v) is 9.89. The van der Waals surface area contributed by atoms with E-state index >= 15 is 0 Å². The minimum absolute atomic E-state index is 0.290. The molecular formula is C34H30ClN4O3S2+. The van der Waals surface area contributed by atoms with Crippen molar-refractivity contribution in [3.8, 4) is 0 Å². The highest BCUT2D eigenvalue weighted by atomic mass is 35.5. The van der Waals surface area contributed by atoms with E-state index < -0.39 is 10.1 Å². The summed E-state index contributed by atoms with van der Waals surface area (Å²) in [6, 6.07) is 26.4. The van der Waals surface area contributed by atoms with E-state index in [1.165, 1.54) is 0 Å². The third-order valence-electron chi connectivity index (χ3n) is 7.67. The molecule has 6 rings (SSSR count). The fourth-order valence-corrected chi connectivity index (χ4v) is 7.48. The van der Waals surface area contributed by atoms with E-state index in [0.717, 1.165) is 48.8 Å². The van der Waals surface area contributed by atoms with Crippen molar-refractivity contribution in [3.05, 3.63) is 124 Å². The van der Waals surface area contributed by atoms with E-state index in [1.54, 1.807) is 11.3 Å². The fraction of sp³-hybridized carbons (Fsp3) is 0.176. The minimum Gasteiger partial charge on any atom is -0.326 e. The van der Waals surface area contributed by atoms with Gasteiger partial charge < -0.3 is 9.80 Å². The van der Waals surface area contributed by atoms with Crippen molar-refractivity contribution in [2.45, 2.75) is 26.4 Å². The maximum Gasteiger partial charge on any atom is 0.265 e. The van der Waals surface area contributed by atoms with Crippen LogP contribution in [0.1, 0.15) is 23.9 Å². The molecule has 10 heteroatoms. The van der Waals surface area contributed by atoms with Crippen LogP contribution in [-0.4, -0.2) is 25.3 Å². The molecule has 0 saturated heterocycles. The van der Waals surface area contributed by atoms with Gasteiger partial charge >= 0.3 is 0 Å². The Morgan fingerprint density at radius 3 is 2.41 bits per heavy atom. The molecule has 0 unspecified atom stereocenters. The zero-order valence-electron chi connectivity index (χ0n) is 24.0. The number of halogens is 1. The van der Waals surface area contributed by atoms with Crippen LogP contribution in [0.3, 0.4) is 0 Å². The van der Waals surface area contributed by atoms with E-state index in [0.29, 0.717) is 30.3 Å². The van der Waals surface area contributed by atoms with Crippen LogP contribution in [0.2, 0.25) is 5.02 Å². The number of aromatic nitrogens is 1. The molecule has 0 atom stereocenters. The maximum atomic E-state index is 11.5. The molecule has 0 spiro atoms. The summed E-state index contributed by atoms with van der Waals surface area (Å²) in [7, 11) is -4.06. The largest absolute Gasteiger partial charge is 0.326 e. The fourth-order valence-electron chi connectivity index (χ4n) is 5.66. The van der Waals surface area contributed by atoms with Gasteiger partial charge in [0.25, 0.3) is 15.1 Å². The first-order valence-corrected chi connectivity index (χ1v) is 17.0. The molecule has 0 saturated carbocycles. The minimum atomic E-state index is -4.06. The Morgan fingerprint density at radius 2 is 1.70 bits per heavy atom. The topological polar surface area (TPSA) is 69.1 Å². The third kappa shape index (κ3) is 6.07. The summed E-state index contributed by atoms with van der Waals surface area (Å²) in [5, 5.41) is 3.64. The molecule has 7 nitrogen and oxygen atoms in total. The lowest BCUT2D eigenvalue weighted by Gasteiger charge is -2.24. The highest BCUT2D eigenvalue weighted by Gasteiger charge is 2.31. The van der Waals surface area contributed by atoms with Gasteiger partial charge in [0.1, 0.15) is 10.5 Å². The van der Waals surface area contributed by atoms with E-state index in [2.05, 4.69) is 68.6 Å². The van der Waals surface area contributed by atoms with Gasteiger partial charge in [-0.2, -0.15) is 13.0 Å². The smallest absolute Gasteiger partial charge is 0.265 e. The standard InChI is InChI=1S/C34H29ClN4O3S2/c1-3-37-29-21-27(35)28(36-2)22-30(29)39(23-24-11-5-4-6-12-24)33(37)15-9-16-34-38(17-10-18-44(40,41)42)31-19-25-13-7-8-14-26(25)20-32(31)43-34/h4-9,11-16,19-22H,3,10,17-18,23H2,1H3/p+1. The molecule has 222 valence electrons. The number of hydrogen-bond acceptors (Lipinski definition) is 5. The molecule has 1 aromatic heterocycles. The van der Waals surface area contributed by atoms with Gasteiger partial charge in [-0.1, -0.05) is 83.6 Å². The van der Waals surface area contributed by atoms with Crippen molar-refractivity contribution in [2.75, 3.05) is 22.1 Å². The highest BCUT2D eigenvalue weighted by molar-refractivity contribution is 7.85. The van der Waals surface area contributed by atoms with Crippen LogP contribution in [0.4, 0.5) is 17.1 Å². The molecule has 44 heavy (non-hydrogen) atoms. The molecule has 0 radical (unpaired) electrons. The number of benzene rings is 4. The first-order chi connectivity index (χ1) is 21.3. The molecule has 4 aromatic carbocycles. The molecule has 0 amide bonds. The van der Waals surface area contributed by atoms with Gasteiger partial charge in [-0.05, 0) is 47.5 Å². The summed E-state index contributed by atoms with van der Waals surface area (Å²) in [6.45, 7) is 11.5. The Balaban J connectivity index is 1.42. The second kappa shape index (κ2) is 12.4. The van der Waals surface area contributed by atoms with E-state index in [-0.39, 0.29) is 12.2 Å². The van der Waals surface area contributed by atoms with Gasteiger partial charge in [0, 0.05) is 36.7 Å². The Kier molecular flexibility index (Phi) is 8.43. The Bertz CT molecular complexity index is 2080. The average molecular weight is 642 g/mol. The number of thiazole rings is 1. The second-order valence-corrected chi connectivity index (χ2v) is 13.5. The lowest BCUT2D eigenvalue weighted by atomic mass is 10.1. The molecule has 1 N–H and O–H groups in total. The summed E-state index contributed by atoms with van der Waals surface area (Å²) in [4.78, 5) is 8.05. The van der Waals surface area contributed by atoms with Crippen LogP contribution in [0.15, 0.2) is 96.8 Å². The van der Waals surface area contributed by atoms with Crippen molar-refractivity contribution >= 4 is 77.2 Å². The summed E-state index contributed by atoms with van der Waals surface area (Å²) >= 11 is 8.13. The van der Waals surface area contributed by atoms with E-state index in [4.69, 9.17) is 18.2 Å². The lowest BCUT2D eigenvalue weighted by Crippen LogP contribution is -2.36. The lowest BCUT2D eigenvalue weighted by molar-refractivity contribution is -0.668. The van der Waals surface area contributed by atoms with Crippen molar-refractivity contribution in [1.82, 2.24) is 0 Å². The van der Waals surface area contributed by atoms with Gasteiger partial charge in [-0.3, -0.25) is 4.55 Å². The number of nitrogens with zero attached hydrogens (tertiary/aromatic N) is 4. The van der Waals surface area contributed by atoms with Gasteiger partial charge in [-0.15, -0.1) is 0 Å². The van der Waals surface area contributed by atoms with Gasteiger partial charge in [0.15, 0.2) is 6.54 Å². The number of aryl methyl sites for hydroxylation is 1. The van der Waals surface area contributed by atoms with Gasteiger partial charge in [0.2, 0.25) is 11.2 Å². The monoisotopic (exact) mass is 641 g/mol. The first kappa shape index (κ1) is 29.9.